The third-order valence-electron chi connectivity index (χ3n) is 1.88. The van der Waals surface area contributed by atoms with Crippen LogP contribution in [0.1, 0.15) is 27.2 Å². The minimum Gasteiger partial charge on any atom is -0.266 e. The van der Waals surface area contributed by atoms with Crippen molar-refractivity contribution < 1.29 is 26.2 Å². The van der Waals surface area contributed by atoms with E-state index in [4.69, 9.17) is 0 Å². The molecule has 0 spiro atoms. The fraction of sp³-hybridized carbons (Fsp3) is 0.556. The molecule has 1 atom stereocenters. The van der Waals surface area contributed by atoms with Crippen LogP contribution >= 0.6 is 0 Å². The molecule has 1 rings (SSSR count). The second kappa shape index (κ2) is 4.28. The van der Waals surface area contributed by atoms with Gasteiger partial charge in [0, 0.05) is 26.2 Å². The largest absolute Gasteiger partial charge is 0.266 e. The molecule has 1 heteroatoms. The first-order valence-corrected chi connectivity index (χ1v) is 3.53. The van der Waals surface area contributed by atoms with Gasteiger partial charge in [-0.05, 0) is 0 Å². The molecule has 0 fully saturated rings. The summed E-state index contributed by atoms with van der Waals surface area (Å²) in [7, 11) is 0. The third-order valence-corrected chi connectivity index (χ3v) is 1.88. The van der Waals surface area contributed by atoms with Crippen molar-refractivity contribution in [3.05, 3.63) is 23.3 Å². The minimum atomic E-state index is 0. The molecule has 0 saturated heterocycles. The van der Waals surface area contributed by atoms with Crippen LogP contribution in [0.2, 0.25) is 0 Å². The Morgan fingerprint density at radius 2 is 2.10 bits per heavy atom. The average Bonchev–Trinajstić information content (AvgIpc) is 2.13. The molecule has 0 bridgehead atoms. The Kier molecular flexibility index (Phi) is 4.44. The van der Waals surface area contributed by atoms with E-state index in [0.29, 0.717) is 5.92 Å². The van der Waals surface area contributed by atoms with Gasteiger partial charge in [-0.1, -0.05) is 26.2 Å². The fourth-order valence-corrected chi connectivity index (χ4v) is 1.08. The maximum absolute atomic E-state index is 3.38. The van der Waals surface area contributed by atoms with Gasteiger partial charge in [0.15, 0.2) is 0 Å². The molecule has 0 saturated carbocycles. The van der Waals surface area contributed by atoms with E-state index in [1.165, 1.54) is 17.6 Å². The van der Waals surface area contributed by atoms with E-state index in [-0.39, 0.29) is 26.2 Å². The first-order valence-electron chi connectivity index (χ1n) is 3.53. The predicted molar refractivity (Wildman–Crippen MR) is 40.0 cm³/mol. The van der Waals surface area contributed by atoms with E-state index in [9.17, 15) is 0 Å². The smallest absolute Gasteiger partial charge is 0 e. The fourth-order valence-electron chi connectivity index (χ4n) is 1.08. The molecule has 54 valence electrons. The van der Waals surface area contributed by atoms with Gasteiger partial charge in [-0.2, -0.15) is 6.08 Å². The summed E-state index contributed by atoms with van der Waals surface area (Å²) in [5, 5.41) is 0. The van der Waals surface area contributed by atoms with Gasteiger partial charge in [-0.15, -0.1) is 6.92 Å². The van der Waals surface area contributed by atoms with Crippen LogP contribution in [0, 0.1) is 12.0 Å². The van der Waals surface area contributed by atoms with Crippen LogP contribution in [0.15, 0.2) is 17.2 Å². The molecule has 10 heavy (non-hydrogen) atoms. The molecular weight excluding hydrogens is 199 g/mol. The first kappa shape index (κ1) is 10.4. The zero-order valence-corrected chi connectivity index (χ0v) is 9.32. The molecule has 0 aromatic rings. The minimum absolute atomic E-state index is 0. The van der Waals surface area contributed by atoms with E-state index in [2.05, 4.69) is 32.9 Å². The van der Waals surface area contributed by atoms with Gasteiger partial charge in [0.1, 0.15) is 0 Å². The Bertz CT molecular complexity index is 148. The van der Waals surface area contributed by atoms with E-state index < -0.39 is 0 Å². The van der Waals surface area contributed by atoms with E-state index in [1.54, 1.807) is 0 Å². The standard InChI is InChI=1S/C9H13.Zr/c1-4-9-5-7(2)8(3)6-9;/h5,9H,4H2,1-3H3;/q-1;. The van der Waals surface area contributed by atoms with Gasteiger partial charge in [-0.25, -0.2) is 11.1 Å². The maximum atomic E-state index is 3.38. The quantitative estimate of drug-likeness (QED) is 0.586. The molecule has 0 radical (unpaired) electrons. The van der Waals surface area contributed by atoms with Gasteiger partial charge < -0.3 is 0 Å². The van der Waals surface area contributed by atoms with Gasteiger partial charge >= 0.3 is 0 Å². The number of allylic oxidation sites excluding steroid dienone is 4. The SMILES string of the molecule is CCC1[C-]=C(C)C(C)=C1.[Zr]. The zero-order valence-electron chi connectivity index (χ0n) is 6.86. The Morgan fingerprint density at radius 1 is 1.50 bits per heavy atom. The van der Waals surface area contributed by atoms with E-state index in [0.717, 1.165) is 0 Å². The summed E-state index contributed by atoms with van der Waals surface area (Å²) in [6.45, 7) is 6.47. The summed E-state index contributed by atoms with van der Waals surface area (Å²) in [5.74, 6) is 0.602. The van der Waals surface area contributed by atoms with Crippen molar-refractivity contribution in [2.24, 2.45) is 5.92 Å². The van der Waals surface area contributed by atoms with Crippen molar-refractivity contribution in [2.75, 3.05) is 0 Å². The monoisotopic (exact) mass is 211 g/mol. The topological polar surface area (TPSA) is 0 Å². The van der Waals surface area contributed by atoms with E-state index in [1.807, 2.05) is 0 Å². The first-order chi connectivity index (χ1) is 4.24. The molecule has 0 aliphatic heterocycles. The summed E-state index contributed by atoms with van der Waals surface area (Å²) in [6.07, 6.45) is 6.85. The van der Waals surface area contributed by atoms with E-state index >= 15 is 0 Å². The molecular formula is C9H13Zr-. The molecule has 0 N–H and O–H groups in total. The molecule has 0 nitrogen and oxygen atoms in total. The average molecular weight is 212 g/mol. The molecule has 0 amide bonds. The number of hydrogen-bond acceptors (Lipinski definition) is 0. The molecule has 1 unspecified atom stereocenters. The predicted octanol–water partition coefficient (Wildman–Crippen LogP) is 2.72. The molecule has 0 heterocycles. The second-order valence-electron chi connectivity index (χ2n) is 2.63. The summed E-state index contributed by atoms with van der Waals surface area (Å²) in [4.78, 5) is 0. The van der Waals surface area contributed by atoms with Crippen LogP contribution in [0.25, 0.3) is 0 Å². The second-order valence-corrected chi connectivity index (χ2v) is 2.63. The Morgan fingerprint density at radius 3 is 2.30 bits per heavy atom. The normalized spacial score (nSPS) is 23.3. The van der Waals surface area contributed by atoms with Crippen molar-refractivity contribution >= 4 is 0 Å². The number of rotatable bonds is 1. The van der Waals surface area contributed by atoms with Gasteiger partial charge in [0.25, 0.3) is 0 Å². The molecule has 0 aromatic carbocycles. The van der Waals surface area contributed by atoms with Gasteiger partial charge in [0.2, 0.25) is 0 Å². The summed E-state index contributed by atoms with van der Waals surface area (Å²) >= 11 is 0. The van der Waals surface area contributed by atoms with Gasteiger partial charge in [0.05, 0.1) is 0 Å². The zero-order chi connectivity index (χ0) is 6.85. The van der Waals surface area contributed by atoms with Crippen molar-refractivity contribution in [1.29, 1.82) is 0 Å². The van der Waals surface area contributed by atoms with Crippen LogP contribution < -0.4 is 0 Å². The van der Waals surface area contributed by atoms with Crippen LogP contribution in [0.4, 0.5) is 0 Å². The van der Waals surface area contributed by atoms with Crippen molar-refractivity contribution in [1.82, 2.24) is 0 Å². The Balaban J connectivity index is 0.000000810. The maximum Gasteiger partial charge on any atom is 0 e. The Hall–Kier alpha value is 0.363. The van der Waals surface area contributed by atoms with Crippen LogP contribution in [0.5, 0.6) is 0 Å². The van der Waals surface area contributed by atoms with Gasteiger partial charge in [-0.3, -0.25) is 6.08 Å². The van der Waals surface area contributed by atoms with Crippen molar-refractivity contribution in [2.45, 2.75) is 27.2 Å². The summed E-state index contributed by atoms with van der Waals surface area (Å²) in [5.41, 5.74) is 2.74. The summed E-state index contributed by atoms with van der Waals surface area (Å²) in [6, 6.07) is 0. The van der Waals surface area contributed by atoms with Crippen molar-refractivity contribution in [3.63, 3.8) is 0 Å². The van der Waals surface area contributed by atoms with Crippen LogP contribution in [-0.4, -0.2) is 0 Å². The van der Waals surface area contributed by atoms with Crippen molar-refractivity contribution in [3.8, 4) is 0 Å². The molecule has 1 aliphatic rings. The summed E-state index contributed by atoms with van der Waals surface area (Å²) < 4.78 is 0. The Labute approximate surface area is 82.5 Å². The van der Waals surface area contributed by atoms with Crippen LogP contribution in [-0.2, 0) is 26.2 Å². The van der Waals surface area contributed by atoms with Crippen LogP contribution in [0.3, 0.4) is 0 Å². The number of hydrogen-bond donors (Lipinski definition) is 0. The third kappa shape index (κ3) is 2.20. The molecule has 0 aromatic heterocycles. The molecule has 1 aliphatic carbocycles.